The molecule has 0 unspecified atom stereocenters. The van der Waals surface area contributed by atoms with Crippen LogP contribution in [-0.4, -0.2) is 0 Å². The number of anilines is 1. The lowest BCUT2D eigenvalue weighted by Gasteiger charge is -2.11. The molecule has 2 heteroatoms. The van der Waals surface area contributed by atoms with Crippen molar-refractivity contribution in [3.05, 3.63) is 65.0 Å². The molecule has 0 radical (unpaired) electrons. The summed E-state index contributed by atoms with van der Waals surface area (Å²) in [6.45, 7) is 4.72. The zero-order valence-electron chi connectivity index (χ0n) is 10.1. The van der Waals surface area contributed by atoms with Gasteiger partial charge in [-0.1, -0.05) is 24.3 Å². The van der Waals surface area contributed by atoms with Gasteiger partial charge >= 0.3 is 0 Å². The van der Waals surface area contributed by atoms with Crippen LogP contribution in [0.3, 0.4) is 0 Å². The normalized spacial score (nSPS) is 10.3. The molecule has 88 valence electrons. The highest BCUT2D eigenvalue weighted by Gasteiger charge is 2.01. The molecule has 0 amide bonds. The molecule has 2 rings (SSSR count). The third kappa shape index (κ3) is 2.84. The van der Waals surface area contributed by atoms with Crippen LogP contribution in [0.15, 0.2) is 42.5 Å². The Morgan fingerprint density at radius 1 is 1.00 bits per heavy atom. The molecule has 0 saturated heterocycles. The van der Waals surface area contributed by atoms with Crippen molar-refractivity contribution in [2.45, 2.75) is 20.4 Å². The summed E-state index contributed by atoms with van der Waals surface area (Å²) in [7, 11) is 0. The number of para-hydroxylation sites is 1. The number of benzene rings is 2. The lowest BCUT2D eigenvalue weighted by molar-refractivity contribution is 0.625. The summed E-state index contributed by atoms with van der Waals surface area (Å²) in [5.74, 6) is -0.179. The van der Waals surface area contributed by atoms with Crippen molar-refractivity contribution >= 4 is 5.69 Å². The Labute approximate surface area is 101 Å². The van der Waals surface area contributed by atoms with Gasteiger partial charge in [0, 0.05) is 12.2 Å². The summed E-state index contributed by atoms with van der Waals surface area (Å²) in [4.78, 5) is 0. The summed E-state index contributed by atoms with van der Waals surface area (Å²) < 4.78 is 13.0. The van der Waals surface area contributed by atoms with Gasteiger partial charge in [0.25, 0.3) is 0 Å². The summed E-state index contributed by atoms with van der Waals surface area (Å²) in [5, 5.41) is 3.37. The van der Waals surface area contributed by atoms with Crippen LogP contribution in [0.1, 0.15) is 16.7 Å². The van der Waals surface area contributed by atoms with Gasteiger partial charge in [-0.3, -0.25) is 0 Å². The van der Waals surface area contributed by atoms with E-state index in [0.29, 0.717) is 0 Å². The molecule has 0 heterocycles. The third-order valence-corrected chi connectivity index (χ3v) is 2.92. The lowest BCUT2D eigenvalue weighted by atomic mass is 10.1. The number of rotatable bonds is 3. The highest BCUT2D eigenvalue weighted by Crippen LogP contribution is 2.16. The van der Waals surface area contributed by atoms with E-state index in [4.69, 9.17) is 0 Å². The van der Waals surface area contributed by atoms with Crippen molar-refractivity contribution in [3.63, 3.8) is 0 Å². The first kappa shape index (κ1) is 11.6. The molecule has 0 saturated carbocycles. The van der Waals surface area contributed by atoms with E-state index < -0.39 is 0 Å². The van der Waals surface area contributed by atoms with E-state index in [1.54, 1.807) is 6.07 Å². The van der Waals surface area contributed by atoms with Crippen LogP contribution in [0, 0.1) is 19.7 Å². The summed E-state index contributed by atoms with van der Waals surface area (Å²) in [5.41, 5.74) is 4.43. The van der Waals surface area contributed by atoms with Crippen LogP contribution < -0.4 is 5.32 Å². The maximum Gasteiger partial charge on any atom is 0.123 e. The average molecular weight is 229 g/mol. The van der Waals surface area contributed by atoms with Crippen molar-refractivity contribution in [1.29, 1.82) is 0 Å². The second-order valence-corrected chi connectivity index (χ2v) is 4.24. The highest BCUT2D eigenvalue weighted by atomic mass is 19.1. The molecule has 2 aromatic carbocycles. The van der Waals surface area contributed by atoms with Gasteiger partial charge in [-0.15, -0.1) is 0 Å². The molecule has 1 nitrogen and oxygen atoms in total. The smallest absolute Gasteiger partial charge is 0.123 e. The van der Waals surface area contributed by atoms with Crippen LogP contribution in [0.4, 0.5) is 10.1 Å². The molecular weight excluding hydrogens is 213 g/mol. The van der Waals surface area contributed by atoms with Crippen LogP contribution in [0.25, 0.3) is 0 Å². The van der Waals surface area contributed by atoms with Gasteiger partial charge in [-0.05, 0) is 48.7 Å². The molecule has 17 heavy (non-hydrogen) atoms. The molecule has 2 aromatic rings. The zero-order valence-corrected chi connectivity index (χ0v) is 10.1. The second kappa shape index (κ2) is 5.00. The van der Waals surface area contributed by atoms with Crippen LogP contribution in [0.2, 0.25) is 0 Å². The monoisotopic (exact) mass is 229 g/mol. The fourth-order valence-corrected chi connectivity index (χ4v) is 1.82. The van der Waals surface area contributed by atoms with Crippen molar-refractivity contribution in [2.75, 3.05) is 5.32 Å². The number of nitrogens with one attached hydrogen (secondary N) is 1. The third-order valence-electron chi connectivity index (χ3n) is 2.92. The molecule has 0 fully saturated rings. The minimum absolute atomic E-state index is 0.179. The molecule has 0 bridgehead atoms. The number of aryl methyl sites for hydroxylation is 2. The highest BCUT2D eigenvalue weighted by molar-refractivity contribution is 5.50. The Kier molecular flexibility index (Phi) is 3.43. The number of halogens is 1. The van der Waals surface area contributed by atoms with Crippen LogP contribution in [-0.2, 0) is 6.54 Å². The molecule has 1 N–H and O–H groups in total. The van der Waals surface area contributed by atoms with Gasteiger partial charge in [-0.25, -0.2) is 4.39 Å². The van der Waals surface area contributed by atoms with Gasteiger partial charge in [-0.2, -0.15) is 0 Å². The van der Waals surface area contributed by atoms with E-state index in [1.165, 1.54) is 11.6 Å². The first-order chi connectivity index (χ1) is 8.16. The largest absolute Gasteiger partial charge is 0.381 e. The second-order valence-electron chi connectivity index (χ2n) is 4.24. The number of hydrogen-bond acceptors (Lipinski definition) is 1. The van der Waals surface area contributed by atoms with Crippen molar-refractivity contribution in [1.82, 2.24) is 0 Å². The quantitative estimate of drug-likeness (QED) is 0.837. The summed E-state index contributed by atoms with van der Waals surface area (Å²) >= 11 is 0. The van der Waals surface area contributed by atoms with E-state index in [9.17, 15) is 4.39 Å². The fraction of sp³-hybridized carbons (Fsp3) is 0.200. The predicted octanol–water partition coefficient (Wildman–Crippen LogP) is 4.05. The first-order valence-corrected chi connectivity index (χ1v) is 5.71. The van der Waals surface area contributed by atoms with Gasteiger partial charge in [0.2, 0.25) is 0 Å². The van der Waals surface area contributed by atoms with Crippen LogP contribution in [0.5, 0.6) is 0 Å². The molecule has 0 spiro atoms. The maximum absolute atomic E-state index is 13.0. The predicted molar refractivity (Wildman–Crippen MR) is 69.6 cm³/mol. The van der Waals surface area contributed by atoms with E-state index in [2.05, 4.69) is 18.3 Å². The lowest BCUT2D eigenvalue weighted by Crippen LogP contribution is -2.02. The average Bonchev–Trinajstić information content (AvgIpc) is 2.30. The molecule has 0 atom stereocenters. The number of hydrogen-bond donors (Lipinski definition) is 1. The molecule has 0 aliphatic carbocycles. The minimum Gasteiger partial charge on any atom is -0.381 e. The van der Waals surface area contributed by atoms with E-state index >= 15 is 0 Å². The Bertz CT molecular complexity index is 520. The standard InChI is InChI=1S/C15H16FN/c1-11-5-3-4-6-15(11)17-10-13-7-8-14(16)9-12(13)2/h3-9,17H,10H2,1-2H3. The maximum atomic E-state index is 13.0. The molecular formula is C15H16FN. The Morgan fingerprint density at radius 2 is 1.76 bits per heavy atom. The Balaban J connectivity index is 2.10. The Hall–Kier alpha value is -1.83. The Morgan fingerprint density at radius 3 is 2.47 bits per heavy atom. The van der Waals surface area contributed by atoms with E-state index in [1.807, 2.05) is 31.2 Å². The van der Waals surface area contributed by atoms with Gasteiger partial charge < -0.3 is 5.32 Å². The van der Waals surface area contributed by atoms with Crippen molar-refractivity contribution < 1.29 is 4.39 Å². The van der Waals surface area contributed by atoms with Gasteiger partial charge in [0.1, 0.15) is 5.82 Å². The fourth-order valence-electron chi connectivity index (χ4n) is 1.82. The van der Waals surface area contributed by atoms with Gasteiger partial charge in [0.05, 0.1) is 0 Å². The topological polar surface area (TPSA) is 12.0 Å². The molecule has 0 aromatic heterocycles. The van der Waals surface area contributed by atoms with Crippen LogP contribution >= 0.6 is 0 Å². The van der Waals surface area contributed by atoms with Crippen molar-refractivity contribution in [3.8, 4) is 0 Å². The minimum atomic E-state index is -0.179. The van der Waals surface area contributed by atoms with E-state index in [0.717, 1.165) is 23.4 Å². The van der Waals surface area contributed by atoms with E-state index in [-0.39, 0.29) is 5.82 Å². The SMILES string of the molecule is Cc1cc(F)ccc1CNc1ccccc1C. The summed E-state index contributed by atoms with van der Waals surface area (Å²) in [6, 6.07) is 13.0. The summed E-state index contributed by atoms with van der Waals surface area (Å²) in [6.07, 6.45) is 0. The first-order valence-electron chi connectivity index (χ1n) is 5.71. The molecule has 0 aliphatic rings. The zero-order chi connectivity index (χ0) is 12.3. The van der Waals surface area contributed by atoms with Gasteiger partial charge in [0.15, 0.2) is 0 Å². The van der Waals surface area contributed by atoms with Crippen molar-refractivity contribution in [2.24, 2.45) is 0 Å². The molecule has 0 aliphatic heterocycles.